The Morgan fingerprint density at radius 2 is 1.94 bits per heavy atom. The summed E-state index contributed by atoms with van der Waals surface area (Å²) in [5.74, 6) is 1.65. The van der Waals surface area contributed by atoms with E-state index in [9.17, 15) is 8.78 Å². The van der Waals surface area contributed by atoms with Gasteiger partial charge in [0.05, 0.1) is 6.61 Å². The molecule has 0 aliphatic heterocycles. The van der Waals surface area contributed by atoms with E-state index in [0.717, 1.165) is 18.4 Å². The first-order chi connectivity index (χ1) is 7.68. The van der Waals surface area contributed by atoms with Crippen LogP contribution in [0.15, 0.2) is 0 Å². The van der Waals surface area contributed by atoms with Gasteiger partial charge in [0.25, 0.3) is 6.43 Å². The summed E-state index contributed by atoms with van der Waals surface area (Å²) in [6.45, 7) is 3.93. The fourth-order valence-corrected chi connectivity index (χ4v) is 2.16. The molecular formula is C12H23F2NO. The van der Waals surface area contributed by atoms with E-state index in [1.807, 2.05) is 0 Å². The number of rotatable bonds is 7. The van der Waals surface area contributed by atoms with Gasteiger partial charge in [-0.3, -0.25) is 0 Å². The number of alkyl halides is 2. The van der Waals surface area contributed by atoms with E-state index in [-0.39, 0.29) is 0 Å². The third-order valence-corrected chi connectivity index (χ3v) is 3.24. The van der Waals surface area contributed by atoms with Crippen LogP contribution in [-0.2, 0) is 4.74 Å². The van der Waals surface area contributed by atoms with Gasteiger partial charge in [-0.25, -0.2) is 8.78 Å². The molecule has 1 fully saturated rings. The monoisotopic (exact) mass is 235 g/mol. The lowest BCUT2D eigenvalue weighted by atomic mass is 9.83. The Morgan fingerprint density at radius 3 is 2.56 bits per heavy atom. The van der Waals surface area contributed by atoms with Gasteiger partial charge in [-0.05, 0) is 31.2 Å². The minimum absolute atomic E-state index is 0.382. The molecule has 0 unspecified atom stereocenters. The molecule has 1 rings (SSSR count). The summed E-state index contributed by atoms with van der Waals surface area (Å²) < 4.78 is 28.2. The maximum Gasteiger partial charge on any atom is 0.261 e. The summed E-state index contributed by atoms with van der Waals surface area (Å²) in [5, 5.41) is 3.27. The van der Waals surface area contributed by atoms with Gasteiger partial charge in [-0.2, -0.15) is 0 Å². The van der Waals surface area contributed by atoms with Gasteiger partial charge in [0, 0.05) is 6.54 Å². The highest BCUT2D eigenvalue weighted by Crippen LogP contribution is 2.27. The molecule has 0 aromatic heterocycles. The predicted octanol–water partition coefficient (Wildman–Crippen LogP) is 2.68. The van der Waals surface area contributed by atoms with E-state index in [2.05, 4.69) is 12.2 Å². The Labute approximate surface area is 96.7 Å². The molecule has 0 atom stereocenters. The quantitative estimate of drug-likeness (QED) is 0.685. The average molecular weight is 235 g/mol. The lowest BCUT2D eigenvalue weighted by Gasteiger charge is -2.26. The maximum absolute atomic E-state index is 11.7. The van der Waals surface area contributed by atoms with Crippen LogP contribution in [0, 0.1) is 11.8 Å². The van der Waals surface area contributed by atoms with Gasteiger partial charge < -0.3 is 10.1 Å². The molecule has 2 nitrogen and oxygen atoms in total. The molecular weight excluding hydrogens is 212 g/mol. The minimum Gasteiger partial charge on any atom is -0.374 e. The first kappa shape index (κ1) is 13.8. The average Bonchev–Trinajstić information content (AvgIpc) is 2.25. The first-order valence-corrected chi connectivity index (χ1v) is 6.25. The first-order valence-electron chi connectivity index (χ1n) is 6.25. The van der Waals surface area contributed by atoms with Crippen molar-refractivity contribution in [2.75, 3.05) is 26.3 Å². The summed E-state index contributed by atoms with van der Waals surface area (Å²) in [7, 11) is 0. The van der Waals surface area contributed by atoms with Gasteiger partial charge in [0.1, 0.15) is 6.61 Å². The van der Waals surface area contributed by atoms with Gasteiger partial charge in [-0.1, -0.05) is 19.8 Å². The molecule has 0 amide bonds. The molecule has 0 heterocycles. The summed E-state index contributed by atoms with van der Waals surface area (Å²) in [6.07, 6.45) is 2.90. The Bertz CT molecular complexity index is 170. The summed E-state index contributed by atoms with van der Waals surface area (Å²) >= 11 is 0. The Kier molecular flexibility index (Phi) is 6.88. The van der Waals surface area contributed by atoms with Crippen molar-refractivity contribution in [2.24, 2.45) is 11.8 Å². The standard InChI is InChI=1S/C12H23F2NO/c1-10-2-4-11(5-3-10)8-15-6-7-16-9-12(13)14/h10-12,15H,2-9H2,1H3. The Morgan fingerprint density at radius 1 is 1.25 bits per heavy atom. The summed E-state index contributed by atoms with van der Waals surface area (Å²) in [6, 6.07) is 0. The molecule has 96 valence electrons. The summed E-state index contributed by atoms with van der Waals surface area (Å²) in [4.78, 5) is 0. The smallest absolute Gasteiger partial charge is 0.261 e. The Hall–Kier alpha value is -0.220. The maximum atomic E-state index is 11.7. The molecule has 1 saturated carbocycles. The van der Waals surface area contributed by atoms with Crippen molar-refractivity contribution in [1.29, 1.82) is 0 Å². The van der Waals surface area contributed by atoms with Crippen LogP contribution >= 0.6 is 0 Å². The number of halogens is 2. The van der Waals surface area contributed by atoms with Crippen molar-refractivity contribution in [3.05, 3.63) is 0 Å². The number of nitrogens with one attached hydrogen (secondary N) is 1. The molecule has 1 N–H and O–H groups in total. The van der Waals surface area contributed by atoms with Crippen LogP contribution in [0.25, 0.3) is 0 Å². The number of ether oxygens (including phenoxy) is 1. The van der Waals surface area contributed by atoms with Crippen molar-refractivity contribution in [2.45, 2.75) is 39.0 Å². The fraction of sp³-hybridized carbons (Fsp3) is 1.00. The van der Waals surface area contributed by atoms with E-state index >= 15 is 0 Å². The molecule has 1 aliphatic carbocycles. The zero-order chi connectivity index (χ0) is 11.8. The van der Waals surface area contributed by atoms with Gasteiger partial charge in [0.2, 0.25) is 0 Å². The SMILES string of the molecule is CC1CCC(CNCCOCC(F)F)CC1. The fourth-order valence-electron chi connectivity index (χ4n) is 2.16. The van der Waals surface area contributed by atoms with E-state index in [1.54, 1.807) is 0 Å². The number of hydrogen-bond acceptors (Lipinski definition) is 2. The van der Waals surface area contributed by atoms with Crippen LogP contribution in [0.5, 0.6) is 0 Å². The van der Waals surface area contributed by atoms with Crippen molar-refractivity contribution in [3.63, 3.8) is 0 Å². The highest BCUT2D eigenvalue weighted by molar-refractivity contribution is 4.71. The molecule has 0 aromatic carbocycles. The van der Waals surface area contributed by atoms with Crippen molar-refractivity contribution < 1.29 is 13.5 Å². The van der Waals surface area contributed by atoms with E-state index in [1.165, 1.54) is 25.7 Å². The molecule has 0 spiro atoms. The molecule has 0 radical (unpaired) electrons. The van der Waals surface area contributed by atoms with Crippen LogP contribution in [0.4, 0.5) is 8.78 Å². The molecule has 0 saturated heterocycles. The molecule has 16 heavy (non-hydrogen) atoms. The lowest BCUT2D eigenvalue weighted by molar-refractivity contribution is 0.0185. The Balaban J connectivity index is 1.87. The van der Waals surface area contributed by atoms with Crippen LogP contribution < -0.4 is 5.32 Å². The second kappa shape index (κ2) is 7.96. The number of hydrogen-bond donors (Lipinski definition) is 1. The zero-order valence-corrected chi connectivity index (χ0v) is 10.1. The van der Waals surface area contributed by atoms with Crippen LogP contribution in [0.2, 0.25) is 0 Å². The predicted molar refractivity (Wildman–Crippen MR) is 60.8 cm³/mol. The van der Waals surface area contributed by atoms with Crippen LogP contribution in [0.3, 0.4) is 0 Å². The van der Waals surface area contributed by atoms with E-state index in [4.69, 9.17) is 4.74 Å². The normalized spacial score (nSPS) is 26.2. The van der Waals surface area contributed by atoms with Crippen molar-refractivity contribution in [3.8, 4) is 0 Å². The molecule has 1 aliphatic rings. The largest absolute Gasteiger partial charge is 0.374 e. The molecule has 0 bridgehead atoms. The topological polar surface area (TPSA) is 21.3 Å². The second-order valence-electron chi connectivity index (χ2n) is 4.80. The van der Waals surface area contributed by atoms with Crippen LogP contribution in [-0.4, -0.2) is 32.7 Å². The highest BCUT2D eigenvalue weighted by Gasteiger charge is 2.17. The third-order valence-electron chi connectivity index (χ3n) is 3.24. The van der Waals surface area contributed by atoms with E-state index < -0.39 is 13.0 Å². The molecule has 0 aromatic rings. The lowest BCUT2D eigenvalue weighted by Crippen LogP contribution is -2.29. The highest BCUT2D eigenvalue weighted by atomic mass is 19.3. The van der Waals surface area contributed by atoms with Crippen molar-refractivity contribution in [1.82, 2.24) is 5.32 Å². The van der Waals surface area contributed by atoms with Crippen molar-refractivity contribution >= 4 is 0 Å². The van der Waals surface area contributed by atoms with Gasteiger partial charge in [-0.15, -0.1) is 0 Å². The van der Waals surface area contributed by atoms with E-state index in [0.29, 0.717) is 13.2 Å². The summed E-state index contributed by atoms with van der Waals surface area (Å²) in [5.41, 5.74) is 0. The molecule has 4 heteroatoms. The van der Waals surface area contributed by atoms with Gasteiger partial charge in [0.15, 0.2) is 0 Å². The third kappa shape index (κ3) is 6.38. The van der Waals surface area contributed by atoms with Crippen LogP contribution in [0.1, 0.15) is 32.6 Å². The zero-order valence-electron chi connectivity index (χ0n) is 10.1. The second-order valence-corrected chi connectivity index (χ2v) is 4.80. The van der Waals surface area contributed by atoms with Gasteiger partial charge >= 0.3 is 0 Å². The minimum atomic E-state index is -2.35.